The molecule has 1 aromatic rings. The first kappa shape index (κ1) is 12.7. The van der Waals surface area contributed by atoms with Gasteiger partial charge in [-0.15, -0.1) is 5.10 Å². The highest BCUT2D eigenvalue weighted by molar-refractivity contribution is 4.92. The van der Waals surface area contributed by atoms with E-state index in [0.717, 1.165) is 18.4 Å². The Labute approximate surface area is 120 Å². The summed E-state index contributed by atoms with van der Waals surface area (Å²) in [5.74, 6) is 1.06. The lowest BCUT2D eigenvalue weighted by Crippen LogP contribution is -2.46. The molecule has 2 saturated heterocycles. The largest absolute Gasteiger partial charge is 0.299 e. The normalized spacial score (nSPS) is 29.1. The molecule has 3 fully saturated rings. The van der Waals surface area contributed by atoms with Crippen LogP contribution in [0, 0.1) is 0 Å². The summed E-state index contributed by atoms with van der Waals surface area (Å²) in [6.07, 6.45) is 7.94. The number of likely N-dealkylation sites (tertiary alicyclic amines) is 2. The van der Waals surface area contributed by atoms with E-state index in [9.17, 15) is 0 Å². The zero-order chi connectivity index (χ0) is 13.4. The van der Waals surface area contributed by atoms with E-state index in [1.165, 1.54) is 64.7 Å². The van der Waals surface area contributed by atoms with E-state index >= 15 is 0 Å². The van der Waals surface area contributed by atoms with Gasteiger partial charge in [0, 0.05) is 12.6 Å². The summed E-state index contributed by atoms with van der Waals surface area (Å²) in [6.45, 7) is 5.92. The van der Waals surface area contributed by atoms with Crippen molar-refractivity contribution in [2.24, 2.45) is 0 Å². The molecular formula is C14H24N6. The monoisotopic (exact) mass is 276 g/mol. The van der Waals surface area contributed by atoms with Gasteiger partial charge in [0.15, 0.2) is 5.82 Å². The van der Waals surface area contributed by atoms with E-state index in [2.05, 4.69) is 30.0 Å². The Morgan fingerprint density at radius 3 is 2.60 bits per heavy atom. The number of tetrazole rings is 1. The summed E-state index contributed by atoms with van der Waals surface area (Å²) in [5.41, 5.74) is 0. The molecule has 4 rings (SSSR count). The second kappa shape index (κ2) is 5.41. The number of hydrogen-bond donors (Lipinski definition) is 0. The fourth-order valence-electron chi connectivity index (χ4n) is 3.70. The van der Waals surface area contributed by atoms with E-state index in [-0.39, 0.29) is 0 Å². The lowest BCUT2D eigenvalue weighted by atomic mass is 10.0. The van der Waals surface area contributed by atoms with Gasteiger partial charge in [0.05, 0.1) is 12.6 Å². The first-order valence-electron chi connectivity index (χ1n) is 8.13. The molecule has 0 aromatic carbocycles. The maximum Gasteiger partial charge on any atom is 0.165 e. The zero-order valence-corrected chi connectivity index (χ0v) is 12.1. The van der Waals surface area contributed by atoms with Crippen molar-refractivity contribution >= 4 is 0 Å². The number of rotatable bonds is 4. The Hall–Kier alpha value is -1.01. The third-order valence-electron chi connectivity index (χ3n) is 4.96. The molecule has 3 aliphatic rings. The van der Waals surface area contributed by atoms with Crippen LogP contribution in [-0.2, 0) is 6.54 Å². The summed E-state index contributed by atoms with van der Waals surface area (Å²) < 4.78 is 2.06. The molecular weight excluding hydrogens is 252 g/mol. The van der Waals surface area contributed by atoms with Gasteiger partial charge < -0.3 is 0 Å². The lowest BCUT2D eigenvalue weighted by Gasteiger charge is -2.37. The van der Waals surface area contributed by atoms with Gasteiger partial charge in [0.25, 0.3) is 0 Å². The van der Waals surface area contributed by atoms with Crippen molar-refractivity contribution in [3.8, 4) is 0 Å². The molecule has 0 radical (unpaired) electrons. The fraction of sp³-hybridized carbons (Fsp3) is 0.929. The number of aromatic nitrogens is 4. The summed E-state index contributed by atoms with van der Waals surface area (Å²) in [4.78, 5) is 5.24. The molecule has 1 aliphatic carbocycles. The van der Waals surface area contributed by atoms with E-state index < -0.39 is 0 Å². The average Bonchev–Trinajstić information content (AvgIpc) is 3.00. The Morgan fingerprint density at radius 2 is 1.80 bits per heavy atom. The molecule has 20 heavy (non-hydrogen) atoms. The molecule has 0 amide bonds. The van der Waals surface area contributed by atoms with Gasteiger partial charge in [-0.25, -0.2) is 4.68 Å². The number of nitrogens with zero attached hydrogens (tertiary/aromatic N) is 6. The quantitative estimate of drug-likeness (QED) is 0.823. The molecule has 0 N–H and O–H groups in total. The Kier molecular flexibility index (Phi) is 3.44. The van der Waals surface area contributed by atoms with Crippen molar-refractivity contribution in [2.75, 3.05) is 26.2 Å². The highest BCUT2D eigenvalue weighted by Gasteiger charge is 2.30. The second-order valence-corrected chi connectivity index (χ2v) is 6.55. The molecule has 110 valence electrons. The van der Waals surface area contributed by atoms with Crippen LogP contribution < -0.4 is 0 Å². The summed E-state index contributed by atoms with van der Waals surface area (Å²) in [7, 11) is 0. The van der Waals surface area contributed by atoms with Crippen LogP contribution in [-0.4, -0.2) is 62.2 Å². The van der Waals surface area contributed by atoms with Gasteiger partial charge in [0.1, 0.15) is 0 Å². The van der Waals surface area contributed by atoms with Crippen molar-refractivity contribution in [1.82, 2.24) is 30.0 Å². The first-order valence-corrected chi connectivity index (χ1v) is 8.13. The summed E-state index contributed by atoms with van der Waals surface area (Å²) in [6, 6.07) is 1.34. The summed E-state index contributed by atoms with van der Waals surface area (Å²) in [5, 5.41) is 12.3. The van der Waals surface area contributed by atoms with Crippen molar-refractivity contribution in [3.63, 3.8) is 0 Å². The highest BCUT2D eigenvalue weighted by Crippen LogP contribution is 2.34. The predicted octanol–water partition coefficient (Wildman–Crippen LogP) is 1.07. The van der Waals surface area contributed by atoms with Crippen LogP contribution in [0.15, 0.2) is 0 Å². The van der Waals surface area contributed by atoms with E-state index in [0.29, 0.717) is 6.04 Å². The van der Waals surface area contributed by atoms with Crippen LogP contribution in [0.5, 0.6) is 0 Å². The minimum atomic E-state index is 0.583. The molecule has 0 spiro atoms. The molecule has 1 atom stereocenters. The van der Waals surface area contributed by atoms with Gasteiger partial charge in [-0.1, -0.05) is 0 Å². The van der Waals surface area contributed by atoms with Crippen LogP contribution >= 0.6 is 0 Å². The van der Waals surface area contributed by atoms with Crippen molar-refractivity contribution < 1.29 is 0 Å². The van der Waals surface area contributed by atoms with Crippen molar-refractivity contribution in [3.05, 3.63) is 5.82 Å². The molecule has 0 bridgehead atoms. The minimum absolute atomic E-state index is 0.583. The van der Waals surface area contributed by atoms with Crippen LogP contribution in [0.4, 0.5) is 0 Å². The van der Waals surface area contributed by atoms with Crippen LogP contribution in [0.25, 0.3) is 0 Å². The molecule has 3 heterocycles. The molecule has 1 aromatic heterocycles. The molecule has 1 saturated carbocycles. The van der Waals surface area contributed by atoms with Crippen molar-refractivity contribution in [2.45, 2.75) is 57.2 Å². The average molecular weight is 276 g/mol. The van der Waals surface area contributed by atoms with Crippen LogP contribution in [0.3, 0.4) is 0 Å². The van der Waals surface area contributed by atoms with E-state index in [4.69, 9.17) is 0 Å². The molecule has 2 aliphatic heterocycles. The van der Waals surface area contributed by atoms with Gasteiger partial charge >= 0.3 is 0 Å². The lowest BCUT2D eigenvalue weighted by molar-refractivity contribution is 0.107. The van der Waals surface area contributed by atoms with Crippen LogP contribution in [0.2, 0.25) is 0 Å². The third-order valence-corrected chi connectivity index (χ3v) is 4.96. The van der Waals surface area contributed by atoms with E-state index in [1.807, 2.05) is 0 Å². The highest BCUT2D eigenvalue weighted by atomic mass is 15.6. The maximum atomic E-state index is 4.24. The Bertz CT molecular complexity index is 448. The topological polar surface area (TPSA) is 50.1 Å². The maximum absolute atomic E-state index is 4.24. The Morgan fingerprint density at radius 1 is 0.950 bits per heavy atom. The van der Waals surface area contributed by atoms with Crippen molar-refractivity contribution in [1.29, 1.82) is 0 Å². The Balaban J connectivity index is 1.39. The first-order chi connectivity index (χ1) is 9.90. The summed E-state index contributed by atoms with van der Waals surface area (Å²) >= 11 is 0. The number of hydrogen-bond acceptors (Lipinski definition) is 5. The molecule has 6 nitrogen and oxygen atoms in total. The second-order valence-electron chi connectivity index (χ2n) is 6.55. The van der Waals surface area contributed by atoms with Gasteiger partial charge in [-0.3, -0.25) is 9.80 Å². The van der Waals surface area contributed by atoms with Gasteiger partial charge in [0.2, 0.25) is 0 Å². The molecule has 6 heteroatoms. The zero-order valence-electron chi connectivity index (χ0n) is 12.1. The third kappa shape index (κ3) is 2.59. The predicted molar refractivity (Wildman–Crippen MR) is 75.2 cm³/mol. The standard InChI is InChI=1S/C14H24N6/c1-2-9-19(8-1)13-4-3-7-18(10-13)11-14-15-16-17-20(14)12-5-6-12/h12-13H,1-11H2/t13-/m1/s1. The smallest absolute Gasteiger partial charge is 0.165 e. The SMILES string of the molecule is C1C[C@@H](N2CCCC2)CN(Cc2nnnn2C2CC2)C1. The fourth-order valence-corrected chi connectivity index (χ4v) is 3.70. The van der Waals surface area contributed by atoms with E-state index in [1.54, 1.807) is 0 Å². The van der Waals surface area contributed by atoms with Gasteiger partial charge in [-0.05, 0) is 68.6 Å². The number of piperidine rings is 1. The van der Waals surface area contributed by atoms with Gasteiger partial charge in [-0.2, -0.15) is 0 Å². The minimum Gasteiger partial charge on any atom is -0.299 e. The molecule has 0 unspecified atom stereocenters. The van der Waals surface area contributed by atoms with Crippen LogP contribution in [0.1, 0.15) is 50.4 Å².